The molecule has 0 aliphatic rings. The van der Waals surface area contributed by atoms with E-state index in [1.54, 1.807) is 25.7 Å². The Bertz CT molecular complexity index is 567. The third-order valence-corrected chi connectivity index (χ3v) is 6.77. The van der Waals surface area contributed by atoms with Crippen LogP contribution in [0.5, 0.6) is 0 Å². The first-order chi connectivity index (χ1) is 12.4. The highest BCUT2D eigenvalue weighted by Gasteiger charge is 2.35. The number of hydrogen-bond donors (Lipinski definition) is 1. The van der Waals surface area contributed by atoms with Gasteiger partial charge in [0.25, 0.3) is 0 Å². The van der Waals surface area contributed by atoms with Crippen molar-refractivity contribution in [1.82, 2.24) is 4.90 Å². The topological polar surface area (TPSA) is 76.1 Å². The number of aliphatic hydroxyl groups excluding tert-OH is 1. The average Bonchev–Trinajstić information content (AvgIpc) is 2.63. The molecule has 0 saturated heterocycles. The highest BCUT2D eigenvalue weighted by atomic mass is 31.2. The minimum Gasteiger partial charge on any atom is -0.394 e. The number of amides is 1. The van der Waals surface area contributed by atoms with Crippen molar-refractivity contribution in [3.8, 4) is 0 Å². The lowest BCUT2D eigenvalue weighted by atomic mass is 10.1. The van der Waals surface area contributed by atoms with E-state index in [0.29, 0.717) is 13.0 Å². The van der Waals surface area contributed by atoms with E-state index in [1.165, 1.54) is 0 Å². The van der Waals surface area contributed by atoms with E-state index in [1.807, 2.05) is 37.3 Å². The lowest BCUT2D eigenvalue weighted by Gasteiger charge is -2.32. The van der Waals surface area contributed by atoms with Gasteiger partial charge in [0.1, 0.15) is 0 Å². The molecule has 0 aliphatic carbocycles. The molecule has 0 heterocycles. The molecule has 0 bridgehead atoms. The second-order valence-corrected chi connectivity index (χ2v) is 8.66. The fourth-order valence-corrected chi connectivity index (χ4v) is 4.47. The number of rotatable bonds is 12. The third-order valence-electron chi connectivity index (χ3n) is 4.27. The van der Waals surface area contributed by atoms with Crippen molar-refractivity contribution in [3.05, 3.63) is 35.9 Å². The molecule has 7 heteroatoms. The summed E-state index contributed by atoms with van der Waals surface area (Å²) in [5.74, 6) is -0.165. The summed E-state index contributed by atoms with van der Waals surface area (Å²) in [6.07, 6.45) is 0.679. The van der Waals surface area contributed by atoms with Crippen molar-refractivity contribution in [2.24, 2.45) is 0 Å². The molecule has 0 unspecified atom stereocenters. The lowest BCUT2D eigenvalue weighted by Crippen LogP contribution is -2.42. The molecule has 1 N–H and O–H groups in total. The van der Waals surface area contributed by atoms with Gasteiger partial charge in [-0.15, -0.1) is 0 Å². The summed E-state index contributed by atoms with van der Waals surface area (Å²) in [5, 5.41) is 9.69. The zero-order valence-corrected chi connectivity index (χ0v) is 17.2. The highest BCUT2D eigenvalue weighted by Crippen LogP contribution is 2.54. The summed E-state index contributed by atoms with van der Waals surface area (Å²) >= 11 is 0. The van der Waals surface area contributed by atoms with E-state index in [9.17, 15) is 14.5 Å². The van der Waals surface area contributed by atoms with Crippen LogP contribution in [0.3, 0.4) is 0 Å². The van der Waals surface area contributed by atoms with Crippen molar-refractivity contribution >= 4 is 13.5 Å². The number of hydrogen-bond acceptors (Lipinski definition) is 5. The molecule has 0 fully saturated rings. The van der Waals surface area contributed by atoms with Gasteiger partial charge < -0.3 is 19.1 Å². The van der Waals surface area contributed by atoms with Gasteiger partial charge in [0, 0.05) is 13.0 Å². The summed E-state index contributed by atoms with van der Waals surface area (Å²) in [4.78, 5) is 14.6. The SMILES string of the molecule is CCOP(=O)(OCC)[C@H](C)CC(=O)N(Cc1ccccc1)[C@H](CC)CO. The van der Waals surface area contributed by atoms with Crippen LogP contribution in [-0.2, 0) is 25.0 Å². The Kier molecular flexibility index (Phi) is 10.1. The smallest absolute Gasteiger partial charge is 0.333 e. The largest absolute Gasteiger partial charge is 0.394 e. The molecule has 1 amide bonds. The number of carbonyl (C=O) groups is 1. The van der Waals surface area contributed by atoms with Crippen molar-refractivity contribution in [3.63, 3.8) is 0 Å². The average molecular weight is 385 g/mol. The van der Waals surface area contributed by atoms with E-state index in [-0.39, 0.29) is 38.2 Å². The summed E-state index contributed by atoms with van der Waals surface area (Å²) < 4.78 is 23.6. The Morgan fingerprint density at radius 2 is 1.73 bits per heavy atom. The second-order valence-electron chi connectivity index (χ2n) is 6.18. The maximum absolute atomic E-state index is 13.0. The molecule has 26 heavy (non-hydrogen) atoms. The fraction of sp³-hybridized carbons (Fsp3) is 0.632. The van der Waals surface area contributed by atoms with Crippen LogP contribution >= 0.6 is 7.60 Å². The van der Waals surface area contributed by atoms with Crippen LogP contribution in [-0.4, -0.2) is 47.4 Å². The minimum atomic E-state index is -3.34. The number of benzene rings is 1. The van der Waals surface area contributed by atoms with E-state index in [0.717, 1.165) is 5.56 Å². The van der Waals surface area contributed by atoms with Gasteiger partial charge in [-0.3, -0.25) is 9.36 Å². The lowest BCUT2D eigenvalue weighted by molar-refractivity contribution is -0.135. The van der Waals surface area contributed by atoms with Gasteiger partial charge in [-0.2, -0.15) is 0 Å². The van der Waals surface area contributed by atoms with Gasteiger partial charge in [0.2, 0.25) is 5.91 Å². The third kappa shape index (κ3) is 6.51. The Hall–Kier alpha value is -1.20. The van der Waals surface area contributed by atoms with Crippen molar-refractivity contribution in [2.45, 2.75) is 58.8 Å². The molecule has 1 rings (SSSR count). The maximum atomic E-state index is 13.0. The van der Waals surface area contributed by atoms with Gasteiger partial charge in [-0.1, -0.05) is 44.2 Å². The number of nitrogens with zero attached hydrogens (tertiary/aromatic N) is 1. The molecule has 6 nitrogen and oxygen atoms in total. The quantitative estimate of drug-likeness (QED) is 0.554. The van der Waals surface area contributed by atoms with E-state index >= 15 is 0 Å². The molecule has 0 aromatic heterocycles. The molecule has 1 aromatic carbocycles. The van der Waals surface area contributed by atoms with Crippen molar-refractivity contribution < 1.29 is 23.5 Å². The summed E-state index contributed by atoms with van der Waals surface area (Å²) in [5.41, 5.74) is 0.433. The van der Waals surface area contributed by atoms with Gasteiger partial charge >= 0.3 is 7.60 Å². The van der Waals surface area contributed by atoms with Gasteiger partial charge in [-0.05, 0) is 25.8 Å². The zero-order valence-electron chi connectivity index (χ0n) is 16.3. The molecular formula is C19H32NO5P. The predicted octanol–water partition coefficient (Wildman–Crippen LogP) is 3.83. The van der Waals surface area contributed by atoms with Gasteiger partial charge in [-0.25, -0.2) is 0 Å². The molecule has 0 spiro atoms. The molecule has 148 valence electrons. The molecule has 0 aliphatic heterocycles. The number of aliphatic hydroxyl groups is 1. The monoisotopic (exact) mass is 385 g/mol. The van der Waals surface area contributed by atoms with Crippen LogP contribution < -0.4 is 0 Å². The van der Waals surface area contributed by atoms with Crippen LogP contribution in [0.25, 0.3) is 0 Å². The van der Waals surface area contributed by atoms with Crippen LogP contribution in [0.4, 0.5) is 0 Å². The van der Waals surface area contributed by atoms with E-state index in [2.05, 4.69) is 0 Å². The molecule has 0 radical (unpaired) electrons. The minimum absolute atomic E-state index is 0.0423. The fourth-order valence-electron chi connectivity index (χ4n) is 2.78. The Morgan fingerprint density at radius 1 is 1.15 bits per heavy atom. The molecule has 0 saturated carbocycles. The standard InChI is InChI=1S/C19H32NO5P/c1-5-18(15-21)20(14-17-11-9-8-10-12-17)19(22)13-16(4)26(23,24-6-2)25-7-3/h8-12,16,18,21H,5-7,13-15H2,1-4H3/t16-,18-/m1/s1. The van der Waals surface area contributed by atoms with E-state index in [4.69, 9.17) is 9.05 Å². The second kappa shape index (κ2) is 11.5. The first-order valence-corrected chi connectivity index (χ1v) is 10.9. The van der Waals surface area contributed by atoms with Crippen LogP contribution in [0.1, 0.15) is 46.1 Å². The molecular weight excluding hydrogens is 353 g/mol. The normalized spacial score (nSPS) is 14.0. The van der Waals surface area contributed by atoms with Crippen molar-refractivity contribution in [2.75, 3.05) is 19.8 Å². The Morgan fingerprint density at radius 3 is 2.19 bits per heavy atom. The van der Waals surface area contributed by atoms with Gasteiger partial charge in [0.05, 0.1) is 31.5 Å². The summed E-state index contributed by atoms with van der Waals surface area (Å²) in [6, 6.07) is 9.35. The van der Waals surface area contributed by atoms with Crippen molar-refractivity contribution in [1.29, 1.82) is 0 Å². The van der Waals surface area contributed by atoms with Crippen LogP contribution in [0, 0.1) is 0 Å². The summed E-state index contributed by atoms with van der Waals surface area (Å²) in [7, 11) is -3.34. The Labute approximate surface area is 157 Å². The zero-order chi connectivity index (χ0) is 19.6. The molecule has 2 atom stereocenters. The number of carbonyl (C=O) groups excluding carboxylic acids is 1. The first-order valence-electron chi connectivity index (χ1n) is 9.24. The maximum Gasteiger partial charge on any atom is 0.333 e. The van der Waals surface area contributed by atoms with Crippen LogP contribution in [0.15, 0.2) is 30.3 Å². The van der Waals surface area contributed by atoms with E-state index < -0.39 is 13.3 Å². The highest BCUT2D eigenvalue weighted by molar-refractivity contribution is 7.54. The predicted molar refractivity (Wildman–Crippen MR) is 103 cm³/mol. The summed E-state index contributed by atoms with van der Waals surface area (Å²) in [6.45, 7) is 7.96. The van der Waals surface area contributed by atoms with Gasteiger partial charge in [0.15, 0.2) is 0 Å². The van der Waals surface area contributed by atoms with Crippen LogP contribution in [0.2, 0.25) is 0 Å². The molecule has 1 aromatic rings. The first kappa shape index (κ1) is 22.8. The Balaban J connectivity index is 2.95.